The van der Waals surface area contributed by atoms with Gasteiger partial charge in [-0.1, -0.05) is 18.2 Å². The number of methoxy groups -OCH3 is 1. The van der Waals surface area contributed by atoms with Crippen LogP contribution < -0.4 is 14.4 Å². The first-order valence-electron chi connectivity index (χ1n) is 8.33. The average molecular weight is 383 g/mol. The van der Waals surface area contributed by atoms with Gasteiger partial charge in [0.15, 0.2) is 0 Å². The zero-order valence-electron chi connectivity index (χ0n) is 15.4. The summed E-state index contributed by atoms with van der Waals surface area (Å²) in [6.07, 6.45) is 1.51. The number of benzene rings is 2. The molecule has 0 aliphatic carbocycles. The van der Waals surface area contributed by atoms with E-state index in [2.05, 4.69) is 9.71 Å². The molecule has 1 N–H and O–H groups in total. The number of nitrogens with zero attached hydrogens (tertiary/aromatic N) is 2. The van der Waals surface area contributed by atoms with Gasteiger partial charge in [0.05, 0.1) is 23.9 Å². The van der Waals surface area contributed by atoms with Crippen molar-refractivity contribution in [2.75, 3.05) is 23.8 Å². The van der Waals surface area contributed by atoms with Gasteiger partial charge in [-0.3, -0.25) is 4.72 Å². The van der Waals surface area contributed by atoms with Crippen molar-refractivity contribution >= 4 is 27.2 Å². The fourth-order valence-corrected chi connectivity index (χ4v) is 3.96. The number of hydrogen-bond acceptors (Lipinski definition) is 5. The number of aryl methyl sites for hydroxylation is 1. The van der Waals surface area contributed by atoms with Crippen molar-refractivity contribution in [1.82, 2.24) is 4.98 Å². The van der Waals surface area contributed by atoms with E-state index in [1.807, 2.05) is 42.3 Å². The molecule has 7 heteroatoms. The molecule has 0 unspecified atom stereocenters. The lowest BCUT2D eigenvalue weighted by Crippen LogP contribution is -2.15. The lowest BCUT2D eigenvalue weighted by Gasteiger charge is -2.18. The number of ether oxygens (including phenoxy) is 1. The number of rotatable bonds is 6. The van der Waals surface area contributed by atoms with E-state index < -0.39 is 10.0 Å². The van der Waals surface area contributed by atoms with Crippen LogP contribution in [0.1, 0.15) is 5.56 Å². The van der Waals surface area contributed by atoms with Gasteiger partial charge < -0.3 is 9.64 Å². The third-order valence-electron chi connectivity index (χ3n) is 4.16. The van der Waals surface area contributed by atoms with Gasteiger partial charge in [0.1, 0.15) is 11.6 Å². The number of sulfonamides is 1. The van der Waals surface area contributed by atoms with Gasteiger partial charge >= 0.3 is 0 Å². The largest absolute Gasteiger partial charge is 0.497 e. The molecule has 0 radical (unpaired) electrons. The van der Waals surface area contributed by atoms with Crippen LogP contribution in [-0.4, -0.2) is 27.6 Å². The first kappa shape index (κ1) is 18.7. The third kappa shape index (κ3) is 4.20. The smallest absolute Gasteiger partial charge is 0.262 e. The molecule has 2 aromatic carbocycles. The van der Waals surface area contributed by atoms with Crippen LogP contribution in [0.5, 0.6) is 5.75 Å². The summed E-state index contributed by atoms with van der Waals surface area (Å²) in [6.45, 7) is 1.73. The van der Waals surface area contributed by atoms with E-state index in [1.54, 1.807) is 38.3 Å². The Bertz CT molecular complexity index is 1020. The molecule has 0 atom stereocenters. The second-order valence-electron chi connectivity index (χ2n) is 6.04. The summed E-state index contributed by atoms with van der Waals surface area (Å²) in [6, 6.07) is 18.1. The molecule has 0 fully saturated rings. The Balaban J connectivity index is 1.80. The predicted molar refractivity (Wildman–Crippen MR) is 107 cm³/mol. The van der Waals surface area contributed by atoms with Crippen LogP contribution in [0, 0.1) is 6.92 Å². The highest BCUT2D eigenvalue weighted by molar-refractivity contribution is 7.92. The number of nitrogens with one attached hydrogen (secondary N) is 1. The topological polar surface area (TPSA) is 71.5 Å². The van der Waals surface area contributed by atoms with Crippen LogP contribution >= 0.6 is 0 Å². The van der Waals surface area contributed by atoms with Gasteiger partial charge in [-0.15, -0.1) is 0 Å². The highest BCUT2D eigenvalue weighted by Crippen LogP contribution is 2.25. The summed E-state index contributed by atoms with van der Waals surface area (Å²) in [4.78, 5) is 6.49. The van der Waals surface area contributed by atoms with Gasteiger partial charge in [0, 0.05) is 12.7 Å². The molecule has 0 bridgehead atoms. The number of anilines is 3. The van der Waals surface area contributed by atoms with Gasteiger partial charge in [0.25, 0.3) is 10.0 Å². The number of aromatic nitrogens is 1. The predicted octanol–water partition coefficient (Wildman–Crippen LogP) is 3.97. The molecule has 1 heterocycles. The maximum absolute atomic E-state index is 12.7. The van der Waals surface area contributed by atoms with E-state index in [9.17, 15) is 8.42 Å². The molecule has 3 rings (SSSR count). The van der Waals surface area contributed by atoms with E-state index in [0.717, 1.165) is 5.69 Å². The second kappa shape index (κ2) is 7.67. The molecule has 1 aromatic heterocycles. The normalized spacial score (nSPS) is 11.1. The molecule has 0 saturated heterocycles. The summed E-state index contributed by atoms with van der Waals surface area (Å²) in [5.74, 6) is 1.33. The fraction of sp³-hybridized carbons (Fsp3) is 0.150. The van der Waals surface area contributed by atoms with Gasteiger partial charge in [-0.05, 0) is 55.0 Å². The van der Waals surface area contributed by atoms with Crippen molar-refractivity contribution in [3.63, 3.8) is 0 Å². The molecule has 0 saturated carbocycles. The molecule has 0 aliphatic rings. The zero-order chi connectivity index (χ0) is 19.4. The molecule has 0 amide bonds. The SMILES string of the molecule is COc1ccc(S(=O)(=O)Nc2ccc(N(C)c3ccccc3)nc2)c(C)c1. The first-order chi connectivity index (χ1) is 12.9. The van der Waals surface area contributed by atoms with Crippen LogP contribution in [0.2, 0.25) is 0 Å². The number of hydrogen-bond donors (Lipinski definition) is 1. The van der Waals surface area contributed by atoms with E-state index in [1.165, 1.54) is 12.3 Å². The van der Waals surface area contributed by atoms with Crippen molar-refractivity contribution in [2.45, 2.75) is 11.8 Å². The molecule has 0 spiro atoms. The van der Waals surface area contributed by atoms with Gasteiger partial charge in [0.2, 0.25) is 0 Å². The minimum Gasteiger partial charge on any atom is -0.497 e. The molecule has 27 heavy (non-hydrogen) atoms. The van der Waals surface area contributed by atoms with Gasteiger partial charge in [-0.25, -0.2) is 13.4 Å². The monoisotopic (exact) mass is 383 g/mol. The quantitative estimate of drug-likeness (QED) is 0.697. The van der Waals surface area contributed by atoms with Crippen LogP contribution in [0.15, 0.2) is 71.8 Å². The molecule has 0 aliphatic heterocycles. The van der Waals surface area contributed by atoms with Crippen molar-refractivity contribution < 1.29 is 13.2 Å². The fourth-order valence-electron chi connectivity index (χ4n) is 2.69. The first-order valence-corrected chi connectivity index (χ1v) is 9.81. The zero-order valence-corrected chi connectivity index (χ0v) is 16.2. The highest BCUT2D eigenvalue weighted by atomic mass is 32.2. The maximum atomic E-state index is 12.7. The summed E-state index contributed by atoms with van der Waals surface area (Å²) in [5.41, 5.74) is 2.00. The Kier molecular flexibility index (Phi) is 5.32. The Hall–Kier alpha value is -3.06. The third-order valence-corrected chi connectivity index (χ3v) is 5.70. The Labute approximate surface area is 159 Å². The molecule has 6 nitrogen and oxygen atoms in total. The van der Waals surface area contributed by atoms with E-state index in [4.69, 9.17) is 4.74 Å². The van der Waals surface area contributed by atoms with Crippen LogP contribution in [0.4, 0.5) is 17.2 Å². The Morgan fingerprint density at radius 3 is 2.37 bits per heavy atom. The van der Waals surface area contributed by atoms with Crippen molar-refractivity contribution in [2.24, 2.45) is 0 Å². The highest BCUT2D eigenvalue weighted by Gasteiger charge is 2.18. The van der Waals surface area contributed by atoms with Crippen LogP contribution in [0.25, 0.3) is 0 Å². The summed E-state index contributed by atoms with van der Waals surface area (Å²) >= 11 is 0. The summed E-state index contributed by atoms with van der Waals surface area (Å²) in [5, 5.41) is 0. The lowest BCUT2D eigenvalue weighted by molar-refractivity contribution is 0.414. The standard InChI is InChI=1S/C20H21N3O3S/c1-15-13-18(26-3)10-11-19(15)27(24,25)22-16-9-12-20(21-14-16)23(2)17-7-5-4-6-8-17/h4-14,22H,1-3H3. The van der Waals surface area contributed by atoms with E-state index in [0.29, 0.717) is 22.8 Å². The Morgan fingerprint density at radius 1 is 1.04 bits per heavy atom. The van der Waals surface area contributed by atoms with E-state index in [-0.39, 0.29) is 4.90 Å². The average Bonchev–Trinajstić information content (AvgIpc) is 2.68. The minimum atomic E-state index is -3.71. The lowest BCUT2D eigenvalue weighted by atomic mass is 10.2. The summed E-state index contributed by atoms with van der Waals surface area (Å²) in [7, 11) is -0.266. The van der Waals surface area contributed by atoms with E-state index >= 15 is 0 Å². The second-order valence-corrected chi connectivity index (χ2v) is 7.69. The van der Waals surface area contributed by atoms with Crippen molar-refractivity contribution in [3.05, 3.63) is 72.4 Å². The number of pyridine rings is 1. The van der Waals surface area contributed by atoms with Crippen molar-refractivity contribution in [3.8, 4) is 5.75 Å². The van der Waals surface area contributed by atoms with Crippen LogP contribution in [0.3, 0.4) is 0 Å². The molecular formula is C20H21N3O3S. The summed E-state index contributed by atoms with van der Waals surface area (Å²) < 4.78 is 33.0. The molecule has 140 valence electrons. The van der Waals surface area contributed by atoms with Crippen molar-refractivity contribution in [1.29, 1.82) is 0 Å². The molecular weight excluding hydrogens is 362 g/mol. The number of para-hydroxylation sites is 1. The van der Waals surface area contributed by atoms with Crippen LogP contribution in [-0.2, 0) is 10.0 Å². The van der Waals surface area contributed by atoms with Gasteiger partial charge in [-0.2, -0.15) is 0 Å². The Morgan fingerprint density at radius 2 is 1.78 bits per heavy atom. The minimum absolute atomic E-state index is 0.203. The molecule has 3 aromatic rings. The maximum Gasteiger partial charge on any atom is 0.262 e.